The topological polar surface area (TPSA) is 97.8 Å². The number of hydrogen-bond donors (Lipinski definition) is 1. The molecule has 2 aromatic carbocycles. The summed E-state index contributed by atoms with van der Waals surface area (Å²) in [5, 5.41) is 11.6. The van der Waals surface area contributed by atoms with Gasteiger partial charge in [0.05, 0.1) is 39.6 Å². The number of ketones is 1. The molecule has 2 aromatic rings. The van der Waals surface area contributed by atoms with Crippen LogP contribution >= 0.6 is 0 Å². The van der Waals surface area contributed by atoms with Gasteiger partial charge in [-0.1, -0.05) is 13.8 Å². The molecule has 39 heavy (non-hydrogen) atoms. The first kappa shape index (κ1) is 29.8. The average molecular weight is 541 g/mol. The standard InChI is InChI=1S/C30H40N2O7/c1-18(2)17-39-21-10-11-22(19(3)14-21)27(33)25-26(32(30(35)28(25)34)13-9-12-31(4)5)20-15-23(36-6)29(38-8)24(16-20)37-7/h10-11,14-16,18,26,33H,9,12-13,17H2,1-8H3/b27-25+/t26-/m0/s1. The molecule has 1 saturated heterocycles. The lowest BCUT2D eigenvalue weighted by Crippen LogP contribution is -2.32. The second-order valence-electron chi connectivity index (χ2n) is 10.3. The number of likely N-dealkylation sites (tertiary alicyclic amines) is 1. The van der Waals surface area contributed by atoms with E-state index in [1.807, 2.05) is 32.0 Å². The van der Waals surface area contributed by atoms with Gasteiger partial charge in [-0.25, -0.2) is 0 Å². The molecular weight excluding hydrogens is 500 g/mol. The highest BCUT2D eigenvalue weighted by atomic mass is 16.5. The third-order valence-corrected chi connectivity index (χ3v) is 6.58. The first-order valence-electron chi connectivity index (χ1n) is 13.0. The van der Waals surface area contributed by atoms with Crippen LogP contribution in [0.1, 0.15) is 43.0 Å². The largest absolute Gasteiger partial charge is 0.507 e. The molecule has 0 bridgehead atoms. The fourth-order valence-electron chi connectivity index (χ4n) is 4.67. The lowest BCUT2D eigenvalue weighted by atomic mass is 9.93. The van der Waals surface area contributed by atoms with Crippen LogP contribution in [0.3, 0.4) is 0 Å². The van der Waals surface area contributed by atoms with Crippen molar-refractivity contribution in [2.75, 3.05) is 55.1 Å². The number of aryl methyl sites for hydroxylation is 1. The quantitative estimate of drug-likeness (QED) is 0.240. The van der Waals surface area contributed by atoms with Gasteiger partial charge < -0.3 is 33.9 Å². The van der Waals surface area contributed by atoms with E-state index in [0.717, 1.165) is 12.1 Å². The molecule has 0 saturated carbocycles. The van der Waals surface area contributed by atoms with Crippen molar-refractivity contribution in [1.29, 1.82) is 0 Å². The number of aliphatic hydroxyl groups excluding tert-OH is 1. The number of benzene rings is 2. The Balaban J connectivity index is 2.18. The zero-order valence-electron chi connectivity index (χ0n) is 24.2. The van der Waals surface area contributed by atoms with Crippen molar-refractivity contribution >= 4 is 17.4 Å². The molecule has 212 valence electrons. The molecule has 1 fully saturated rings. The summed E-state index contributed by atoms with van der Waals surface area (Å²) < 4.78 is 22.4. The minimum absolute atomic E-state index is 0.0121. The lowest BCUT2D eigenvalue weighted by Gasteiger charge is -2.27. The van der Waals surface area contributed by atoms with Crippen molar-refractivity contribution in [2.45, 2.75) is 33.2 Å². The zero-order chi connectivity index (χ0) is 28.9. The van der Waals surface area contributed by atoms with Crippen LogP contribution in [0, 0.1) is 12.8 Å². The third-order valence-electron chi connectivity index (χ3n) is 6.58. The summed E-state index contributed by atoms with van der Waals surface area (Å²) in [5.41, 5.74) is 1.74. The van der Waals surface area contributed by atoms with Crippen LogP contribution in [0.15, 0.2) is 35.9 Å². The summed E-state index contributed by atoms with van der Waals surface area (Å²) in [6.07, 6.45) is 0.641. The molecule has 1 N–H and O–H groups in total. The Kier molecular flexibility index (Phi) is 9.86. The Labute approximate surface area is 230 Å². The number of hydrogen-bond acceptors (Lipinski definition) is 8. The second kappa shape index (κ2) is 12.9. The van der Waals surface area contributed by atoms with Gasteiger partial charge in [-0.05, 0) is 81.4 Å². The Bertz CT molecular complexity index is 1210. The molecule has 0 aliphatic carbocycles. The van der Waals surface area contributed by atoms with Crippen molar-refractivity contribution < 1.29 is 33.6 Å². The fourth-order valence-corrected chi connectivity index (χ4v) is 4.67. The van der Waals surface area contributed by atoms with Gasteiger partial charge in [0.2, 0.25) is 5.75 Å². The van der Waals surface area contributed by atoms with Crippen molar-refractivity contribution in [1.82, 2.24) is 9.80 Å². The summed E-state index contributed by atoms with van der Waals surface area (Å²) >= 11 is 0. The van der Waals surface area contributed by atoms with E-state index in [-0.39, 0.29) is 11.3 Å². The predicted molar refractivity (Wildman–Crippen MR) is 150 cm³/mol. The van der Waals surface area contributed by atoms with Gasteiger partial charge in [0.1, 0.15) is 11.5 Å². The molecule has 1 atom stereocenters. The Morgan fingerprint density at radius 2 is 1.67 bits per heavy atom. The first-order valence-corrected chi connectivity index (χ1v) is 13.0. The molecular formula is C30H40N2O7. The van der Waals surface area contributed by atoms with Crippen LogP contribution in [0.2, 0.25) is 0 Å². The number of rotatable bonds is 12. The van der Waals surface area contributed by atoms with Gasteiger partial charge in [-0.2, -0.15) is 0 Å². The molecule has 0 aromatic heterocycles. The fraction of sp³-hybridized carbons (Fsp3) is 0.467. The molecule has 0 spiro atoms. The number of carbonyl (C=O) groups is 2. The Morgan fingerprint density at radius 1 is 1.03 bits per heavy atom. The summed E-state index contributed by atoms with van der Waals surface area (Å²) in [6.45, 7) is 7.56. The number of nitrogens with zero attached hydrogens (tertiary/aromatic N) is 2. The van der Waals surface area contributed by atoms with Gasteiger partial charge in [-0.15, -0.1) is 0 Å². The summed E-state index contributed by atoms with van der Waals surface area (Å²) in [6, 6.07) is 7.86. The highest BCUT2D eigenvalue weighted by Crippen LogP contribution is 2.46. The van der Waals surface area contributed by atoms with Crippen LogP contribution in [0.25, 0.3) is 5.76 Å². The second-order valence-corrected chi connectivity index (χ2v) is 10.3. The van der Waals surface area contributed by atoms with E-state index in [4.69, 9.17) is 18.9 Å². The highest BCUT2D eigenvalue weighted by molar-refractivity contribution is 6.46. The van der Waals surface area contributed by atoms with Crippen LogP contribution in [-0.4, -0.2) is 81.7 Å². The van der Waals surface area contributed by atoms with Gasteiger partial charge in [0.25, 0.3) is 11.7 Å². The van der Waals surface area contributed by atoms with Crippen molar-refractivity contribution in [3.8, 4) is 23.0 Å². The lowest BCUT2D eigenvalue weighted by molar-refractivity contribution is -0.139. The van der Waals surface area contributed by atoms with E-state index in [0.29, 0.717) is 59.6 Å². The molecule has 9 nitrogen and oxygen atoms in total. The Hall–Kier alpha value is -3.72. The van der Waals surface area contributed by atoms with E-state index in [1.165, 1.54) is 26.2 Å². The number of amides is 1. The van der Waals surface area contributed by atoms with Gasteiger partial charge >= 0.3 is 0 Å². The summed E-state index contributed by atoms with van der Waals surface area (Å²) in [7, 11) is 8.40. The molecule has 9 heteroatoms. The monoisotopic (exact) mass is 540 g/mol. The maximum absolute atomic E-state index is 13.5. The van der Waals surface area contributed by atoms with Gasteiger partial charge in [0, 0.05) is 12.1 Å². The van der Waals surface area contributed by atoms with Gasteiger partial charge in [0.15, 0.2) is 11.5 Å². The van der Waals surface area contributed by atoms with E-state index < -0.39 is 17.7 Å². The van der Waals surface area contributed by atoms with Crippen LogP contribution in [0.5, 0.6) is 23.0 Å². The third kappa shape index (κ3) is 6.47. The minimum Gasteiger partial charge on any atom is -0.507 e. The molecule has 3 rings (SSSR count). The minimum atomic E-state index is -0.850. The van der Waals surface area contributed by atoms with Crippen molar-refractivity contribution in [3.63, 3.8) is 0 Å². The van der Waals surface area contributed by atoms with E-state index in [9.17, 15) is 14.7 Å². The van der Waals surface area contributed by atoms with Crippen molar-refractivity contribution in [3.05, 3.63) is 52.6 Å². The SMILES string of the molecule is COc1cc([C@H]2/C(=C(\O)c3ccc(OCC(C)C)cc3C)C(=O)C(=O)N2CCCN(C)C)cc(OC)c1OC. The van der Waals surface area contributed by atoms with Crippen LogP contribution in [0.4, 0.5) is 0 Å². The zero-order valence-corrected chi connectivity index (χ0v) is 24.2. The number of carbonyl (C=O) groups excluding carboxylic acids is 2. The number of aliphatic hydroxyl groups is 1. The summed E-state index contributed by atoms with van der Waals surface area (Å²) in [4.78, 5) is 30.3. The molecule has 0 unspecified atom stereocenters. The summed E-state index contributed by atoms with van der Waals surface area (Å²) in [5.74, 6) is 0.543. The molecule has 1 aliphatic rings. The van der Waals surface area contributed by atoms with E-state index in [1.54, 1.807) is 24.3 Å². The van der Waals surface area contributed by atoms with Crippen LogP contribution in [-0.2, 0) is 9.59 Å². The number of Topliss-reactive ketones (excluding diaryl/α,β-unsaturated/α-hetero) is 1. The first-order chi connectivity index (χ1) is 18.5. The van der Waals surface area contributed by atoms with E-state index >= 15 is 0 Å². The van der Waals surface area contributed by atoms with E-state index in [2.05, 4.69) is 13.8 Å². The molecule has 1 heterocycles. The molecule has 1 aliphatic heterocycles. The highest BCUT2D eigenvalue weighted by Gasteiger charge is 2.46. The number of methoxy groups -OCH3 is 3. The molecule has 1 amide bonds. The van der Waals surface area contributed by atoms with Crippen molar-refractivity contribution in [2.24, 2.45) is 5.92 Å². The average Bonchev–Trinajstić information content (AvgIpc) is 3.15. The smallest absolute Gasteiger partial charge is 0.295 e. The normalized spacial score (nSPS) is 16.8. The van der Waals surface area contributed by atoms with Gasteiger partial charge in [-0.3, -0.25) is 9.59 Å². The maximum Gasteiger partial charge on any atom is 0.295 e. The maximum atomic E-state index is 13.5. The predicted octanol–water partition coefficient (Wildman–Crippen LogP) is 4.43. The number of ether oxygens (including phenoxy) is 4. The van der Waals surface area contributed by atoms with Crippen LogP contribution < -0.4 is 18.9 Å². The molecule has 0 radical (unpaired) electrons. The Morgan fingerprint density at radius 3 is 2.18 bits per heavy atom.